The van der Waals surface area contributed by atoms with Gasteiger partial charge in [0.05, 0.1) is 18.0 Å². The second kappa shape index (κ2) is 5.55. The molecule has 0 saturated carbocycles. The van der Waals surface area contributed by atoms with Gasteiger partial charge in [-0.3, -0.25) is 0 Å². The fourth-order valence-corrected chi connectivity index (χ4v) is 2.30. The van der Waals surface area contributed by atoms with E-state index < -0.39 is 0 Å². The summed E-state index contributed by atoms with van der Waals surface area (Å²) in [5.74, 6) is 0.608. The largest absolute Gasteiger partial charge is 0.397 e. The summed E-state index contributed by atoms with van der Waals surface area (Å²) in [4.78, 5) is 0. The minimum atomic E-state index is 0.608. The molecule has 1 aliphatic heterocycles. The summed E-state index contributed by atoms with van der Waals surface area (Å²) < 4.78 is 6.45. The Kier molecular flexibility index (Phi) is 4.07. The van der Waals surface area contributed by atoms with Gasteiger partial charge in [-0.15, -0.1) is 0 Å². The first-order valence-corrected chi connectivity index (χ1v) is 6.41. The van der Waals surface area contributed by atoms with Gasteiger partial charge in [0.15, 0.2) is 0 Å². The molecule has 1 aromatic rings. The zero-order valence-electron chi connectivity index (χ0n) is 9.21. The van der Waals surface area contributed by atoms with Gasteiger partial charge >= 0.3 is 0 Å². The Hall–Kier alpha value is -0.740. The van der Waals surface area contributed by atoms with Gasteiger partial charge < -0.3 is 15.8 Å². The van der Waals surface area contributed by atoms with Crippen LogP contribution in [0.15, 0.2) is 22.7 Å². The van der Waals surface area contributed by atoms with E-state index in [0.717, 1.165) is 35.6 Å². The summed E-state index contributed by atoms with van der Waals surface area (Å²) in [6, 6.07) is 5.92. The van der Waals surface area contributed by atoms with Crippen molar-refractivity contribution in [1.82, 2.24) is 0 Å². The first kappa shape index (κ1) is 11.7. The lowest BCUT2D eigenvalue weighted by molar-refractivity contribution is 0.0595. The zero-order chi connectivity index (χ0) is 11.4. The molecule has 3 N–H and O–H groups in total. The molecule has 1 saturated heterocycles. The number of nitrogens with one attached hydrogen (secondary N) is 1. The molecule has 1 heterocycles. The number of hydrogen-bond acceptors (Lipinski definition) is 3. The standard InChI is InChI=1S/C12H17BrN2O/c13-10-3-4-12(11(14)6-10)15-7-9-2-1-5-16-8-9/h3-4,6,9,15H,1-2,5,7-8,14H2. The van der Waals surface area contributed by atoms with E-state index in [-0.39, 0.29) is 0 Å². The van der Waals surface area contributed by atoms with Crippen molar-refractivity contribution < 1.29 is 4.74 Å². The van der Waals surface area contributed by atoms with Crippen LogP contribution in [0, 0.1) is 5.92 Å². The number of rotatable bonds is 3. The summed E-state index contributed by atoms with van der Waals surface area (Å²) in [5.41, 5.74) is 7.70. The van der Waals surface area contributed by atoms with Gasteiger partial charge in [0.1, 0.15) is 0 Å². The molecular weight excluding hydrogens is 268 g/mol. The average Bonchev–Trinajstić information content (AvgIpc) is 2.29. The molecule has 2 rings (SSSR count). The molecule has 0 radical (unpaired) electrons. The van der Waals surface area contributed by atoms with Crippen LogP contribution in [0.4, 0.5) is 11.4 Å². The molecule has 0 aromatic heterocycles. The second-order valence-electron chi connectivity index (χ2n) is 4.20. The molecular formula is C12H17BrN2O. The molecule has 1 fully saturated rings. The number of nitrogens with two attached hydrogens (primary N) is 1. The highest BCUT2D eigenvalue weighted by Gasteiger charge is 2.13. The van der Waals surface area contributed by atoms with Crippen LogP contribution in [-0.2, 0) is 4.74 Å². The molecule has 0 aliphatic carbocycles. The van der Waals surface area contributed by atoms with Crippen molar-refractivity contribution >= 4 is 27.3 Å². The Labute approximate surface area is 104 Å². The summed E-state index contributed by atoms with van der Waals surface area (Å²) in [5, 5.41) is 3.38. The summed E-state index contributed by atoms with van der Waals surface area (Å²) >= 11 is 3.40. The molecule has 4 heteroatoms. The Morgan fingerprint density at radius 3 is 3.06 bits per heavy atom. The molecule has 1 aliphatic rings. The maximum atomic E-state index is 5.91. The van der Waals surface area contributed by atoms with E-state index in [4.69, 9.17) is 10.5 Å². The number of ether oxygens (including phenoxy) is 1. The van der Waals surface area contributed by atoms with Crippen molar-refractivity contribution in [3.8, 4) is 0 Å². The van der Waals surface area contributed by atoms with E-state index in [2.05, 4.69) is 21.2 Å². The highest BCUT2D eigenvalue weighted by molar-refractivity contribution is 9.10. The highest BCUT2D eigenvalue weighted by atomic mass is 79.9. The van der Waals surface area contributed by atoms with Crippen LogP contribution >= 0.6 is 15.9 Å². The van der Waals surface area contributed by atoms with E-state index in [1.54, 1.807) is 0 Å². The molecule has 0 amide bonds. The lowest BCUT2D eigenvalue weighted by atomic mass is 10.0. The fraction of sp³-hybridized carbons (Fsp3) is 0.500. The van der Waals surface area contributed by atoms with Crippen molar-refractivity contribution in [2.75, 3.05) is 30.8 Å². The summed E-state index contributed by atoms with van der Waals surface area (Å²) in [6.07, 6.45) is 2.41. The average molecular weight is 285 g/mol. The van der Waals surface area contributed by atoms with Crippen molar-refractivity contribution in [2.45, 2.75) is 12.8 Å². The first-order valence-electron chi connectivity index (χ1n) is 5.62. The smallest absolute Gasteiger partial charge is 0.0574 e. The zero-order valence-corrected chi connectivity index (χ0v) is 10.8. The summed E-state index contributed by atoms with van der Waals surface area (Å²) in [6.45, 7) is 2.71. The number of benzene rings is 1. The molecule has 1 atom stereocenters. The maximum Gasteiger partial charge on any atom is 0.0574 e. The quantitative estimate of drug-likeness (QED) is 0.839. The predicted molar refractivity (Wildman–Crippen MR) is 70.6 cm³/mol. The molecule has 1 unspecified atom stereocenters. The van der Waals surface area contributed by atoms with E-state index in [1.807, 2.05) is 18.2 Å². The van der Waals surface area contributed by atoms with E-state index >= 15 is 0 Å². The molecule has 0 bridgehead atoms. The number of halogens is 1. The fourth-order valence-electron chi connectivity index (χ4n) is 1.92. The molecule has 88 valence electrons. The maximum absolute atomic E-state index is 5.91. The molecule has 1 aromatic carbocycles. The first-order chi connectivity index (χ1) is 7.75. The van der Waals surface area contributed by atoms with Crippen molar-refractivity contribution in [2.24, 2.45) is 5.92 Å². The van der Waals surface area contributed by atoms with Gasteiger partial charge in [-0.1, -0.05) is 15.9 Å². The van der Waals surface area contributed by atoms with Crippen LogP contribution < -0.4 is 11.1 Å². The monoisotopic (exact) mass is 284 g/mol. The van der Waals surface area contributed by atoms with E-state index in [1.165, 1.54) is 12.8 Å². The predicted octanol–water partition coefficient (Wildman–Crippen LogP) is 2.87. The summed E-state index contributed by atoms with van der Waals surface area (Å²) in [7, 11) is 0. The third-order valence-corrected chi connectivity index (χ3v) is 3.34. The topological polar surface area (TPSA) is 47.3 Å². The van der Waals surface area contributed by atoms with Crippen LogP contribution in [-0.4, -0.2) is 19.8 Å². The SMILES string of the molecule is Nc1cc(Br)ccc1NCC1CCCOC1. The van der Waals surface area contributed by atoms with E-state index in [0.29, 0.717) is 5.92 Å². The second-order valence-corrected chi connectivity index (χ2v) is 5.11. The van der Waals surface area contributed by atoms with Crippen LogP contribution in [0.25, 0.3) is 0 Å². The number of nitrogen functional groups attached to an aromatic ring is 1. The van der Waals surface area contributed by atoms with Gasteiger partial charge in [0, 0.05) is 17.6 Å². The normalized spacial score (nSPS) is 20.7. The number of anilines is 2. The van der Waals surface area contributed by atoms with Gasteiger partial charge in [-0.2, -0.15) is 0 Å². The van der Waals surface area contributed by atoms with Gasteiger partial charge in [0.25, 0.3) is 0 Å². The van der Waals surface area contributed by atoms with Gasteiger partial charge in [-0.25, -0.2) is 0 Å². The van der Waals surface area contributed by atoms with Gasteiger partial charge in [0.2, 0.25) is 0 Å². The Morgan fingerprint density at radius 2 is 2.38 bits per heavy atom. The molecule has 3 nitrogen and oxygen atoms in total. The van der Waals surface area contributed by atoms with Crippen LogP contribution in [0.5, 0.6) is 0 Å². The van der Waals surface area contributed by atoms with Crippen LogP contribution in [0.1, 0.15) is 12.8 Å². The van der Waals surface area contributed by atoms with Crippen molar-refractivity contribution in [3.63, 3.8) is 0 Å². The molecule has 16 heavy (non-hydrogen) atoms. The number of hydrogen-bond donors (Lipinski definition) is 2. The van der Waals surface area contributed by atoms with Crippen LogP contribution in [0.2, 0.25) is 0 Å². The van der Waals surface area contributed by atoms with E-state index in [9.17, 15) is 0 Å². The Morgan fingerprint density at radius 1 is 1.50 bits per heavy atom. The molecule has 0 spiro atoms. The third kappa shape index (κ3) is 3.12. The third-order valence-electron chi connectivity index (χ3n) is 2.85. The highest BCUT2D eigenvalue weighted by Crippen LogP contribution is 2.24. The lowest BCUT2D eigenvalue weighted by Gasteiger charge is -2.23. The van der Waals surface area contributed by atoms with Gasteiger partial charge in [-0.05, 0) is 37.0 Å². The van der Waals surface area contributed by atoms with Crippen molar-refractivity contribution in [3.05, 3.63) is 22.7 Å². The lowest BCUT2D eigenvalue weighted by Crippen LogP contribution is -2.24. The Balaban J connectivity index is 1.88. The minimum absolute atomic E-state index is 0.608. The minimum Gasteiger partial charge on any atom is -0.397 e. The van der Waals surface area contributed by atoms with Crippen molar-refractivity contribution in [1.29, 1.82) is 0 Å². The Bertz CT molecular complexity index is 351. The van der Waals surface area contributed by atoms with Crippen LogP contribution in [0.3, 0.4) is 0 Å².